The lowest BCUT2D eigenvalue weighted by Gasteiger charge is -2.24. The number of hydrogen-bond donors (Lipinski definition) is 0. The predicted octanol–water partition coefficient (Wildman–Crippen LogP) is 2.17. The van der Waals surface area contributed by atoms with Crippen LogP contribution < -0.4 is 0 Å². The molecule has 2 rings (SSSR count). The molecule has 1 amide bonds. The van der Waals surface area contributed by atoms with Crippen LogP contribution in [0, 0.1) is 0 Å². The fourth-order valence-electron chi connectivity index (χ4n) is 2.13. The first kappa shape index (κ1) is 11.9. The van der Waals surface area contributed by atoms with Gasteiger partial charge in [0.25, 0.3) is 5.91 Å². The number of carbonyl (C=O) groups excluding carboxylic acids is 1. The Kier molecular flexibility index (Phi) is 3.59. The molecule has 0 saturated carbocycles. The molecule has 0 unspecified atom stereocenters. The zero-order valence-corrected chi connectivity index (χ0v) is 10.4. The number of amides is 1. The summed E-state index contributed by atoms with van der Waals surface area (Å²) in [6.07, 6.45) is 1.99. The van der Waals surface area contributed by atoms with Crippen molar-refractivity contribution in [1.29, 1.82) is 0 Å². The zero-order chi connectivity index (χ0) is 12.3. The van der Waals surface area contributed by atoms with Gasteiger partial charge in [-0.3, -0.25) is 9.80 Å². The molecular weight excluding hydrogens is 212 g/mol. The Morgan fingerprint density at radius 3 is 2.41 bits per heavy atom. The molecule has 1 fully saturated rings. The highest BCUT2D eigenvalue weighted by atomic mass is 16.2. The quantitative estimate of drug-likeness (QED) is 0.743. The summed E-state index contributed by atoms with van der Waals surface area (Å²) in [6.45, 7) is 6.40. The Hall–Kier alpha value is -1.61. The average Bonchev–Trinajstić information content (AvgIpc) is 2.67. The minimum Gasteiger partial charge on any atom is -0.271 e. The van der Waals surface area contributed by atoms with Crippen molar-refractivity contribution in [2.75, 3.05) is 19.6 Å². The molecule has 1 aromatic carbocycles. The van der Waals surface area contributed by atoms with Crippen LogP contribution in [0.15, 0.2) is 35.9 Å². The number of carbonyl (C=O) groups is 1. The Labute approximate surface area is 102 Å². The minimum atomic E-state index is 0.137. The van der Waals surface area contributed by atoms with E-state index in [2.05, 4.69) is 11.9 Å². The molecule has 0 atom stereocenters. The Morgan fingerprint density at radius 1 is 1.18 bits per heavy atom. The van der Waals surface area contributed by atoms with Crippen molar-refractivity contribution in [3.8, 4) is 0 Å². The standard InChI is InChI=1S/C14H18N2O/c1-3-15-11-13(14(17)16(15)4-2)10-12-8-6-5-7-9-12/h5-10H,3-4,11H2,1-2H3/b13-10-. The van der Waals surface area contributed by atoms with Gasteiger partial charge in [0.2, 0.25) is 0 Å². The smallest absolute Gasteiger partial charge is 0.265 e. The number of likely N-dealkylation sites (N-methyl/N-ethyl adjacent to an activating group) is 2. The Bertz CT molecular complexity index is 425. The van der Waals surface area contributed by atoms with E-state index in [1.165, 1.54) is 0 Å². The van der Waals surface area contributed by atoms with Gasteiger partial charge in [0.15, 0.2) is 0 Å². The molecule has 0 aliphatic carbocycles. The lowest BCUT2D eigenvalue weighted by Crippen LogP contribution is -2.38. The maximum atomic E-state index is 12.1. The van der Waals surface area contributed by atoms with Gasteiger partial charge in [-0.25, -0.2) is 5.01 Å². The number of hydrogen-bond acceptors (Lipinski definition) is 2. The van der Waals surface area contributed by atoms with E-state index >= 15 is 0 Å². The minimum absolute atomic E-state index is 0.137. The van der Waals surface area contributed by atoms with Crippen molar-refractivity contribution in [1.82, 2.24) is 10.0 Å². The molecule has 0 spiro atoms. The number of benzene rings is 1. The third kappa shape index (κ3) is 2.39. The first-order valence-corrected chi connectivity index (χ1v) is 6.08. The molecular formula is C14H18N2O. The second-order valence-electron chi connectivity index (χ2n) is 4.08. The van der Waals surface area contributed by atoms with E-state index in [1.807, 2.05) is 48.3 Å². The van der Waals surface area contributed by atoms with E-state index in [9.17, 15) is 4.79 Å². The van der Waals surface area contributed by atoms with Gasteiger partial charge in [0.1, 0.15) is 0 Å². The van der Waals surface area contributed by atoms with Crippen LogP contribution in [0.2, 0.25) is 0 Å². The summed E-state index contributed by atoms with van der Waals surface area (Å²) >= 11 is 0. The van der Waals surface area contributed by atoms with Crippen LogP contribution in [0.5, 0.6) is 0 Å². The van der Waals surface area contributed by atoms with Gasteiger partial charge >= 0.3 is 0 Å². The predicted molar refractivity (Wildman–Crippen MR) is 69.1 cm³/mol. The number of hydrazine groups is 1. The highest BCUT2D eigenvalue weighted by Gasteiger charge is 2.30. The highest BCUT2D eigenvalue weighted by molar-refractivity contribution is 5.99. The van der Waals surface area contributed by atoms with Crippen LogP contribution in [0.4, 0.5) is 0 Å². The van der Waals surface area contributed by atoms with Crippen molar-refractivity contribution in [3.05, 3.63) is 41.5 Å². The summed E-state index contributed by atoms with van der Waals surface area (Å²) in [5, 5.41) is 3.89. The molecule has 17 heavy (non-hydrogen) atoms. The summed E-state index contributed by atoms with van der Waals surface area (Å²) in [5.74, 6) is 0.137. The maximum Gasteiger partial charge on any atom is 0.265 e. The lowest BCUT2D eigenvalue weighted by molar-refractivity contribution is -0.135. The van der Waals surface area contributed by atoms with E-state index in [0.29, 0.717) is 0 Å². The maximum absolute atomic E-state index is 12.1. The molecule has 0 bridgehead atoms. The fraction of sp³-hybridized carbons (Fsp3) is 0.357. The van der Waals surface area contributed by atoms with Crippen LogP contribution in [-0.2, 0) is 4.79 Å². The van der Waals surface area contributed by atoms with Crippen molar-refractivity contribution < 1.29 is 4.79 Å². The monoisotopic (exact) mass is 230 g/mol. The largest absolute Gasteiger partial charge is 0.271 e. The second kappa shape index (κ2) is 5.15. The number of rotatable bonds is 3. The van der Waals surface area contributed by atoms with Gasteiger partial charge in [-0.15, -0.1) is 0 Å². The summed E-state index contributed by atoms with van der Waals surface area (Å²) in [5.41, 5.74) is 1.96. The van der Waals surface area contributed by atoms with Crippen LogP contribution in [0.25, 0.3) is 6.08 Å². The van der Waals surface area contributed by atoms with Gasteiger partial charge < -0.3 is 0 Å². The van der Waals surface area contributed by atoms with Gasteiger partial charge in [-0.1, -0.05) is 37.3 Å². The number of nitrogens with zero attached hydrogens (tertiary/aromatic N) is 2. The van der Waals surface area contributed by atoms with Crippen LogP contribution in [0.1, 0.15) is 19.4 Å². The molecule has 0 aromatic heterocycles. The van der Waals surface area contributed by atoms with Gasteiger partial charge in [-0.05, 0) is 18.6 Å². The molecule has 1 aliphatic rings. The van der Waals surface area contributed by atoms with Crippen LogP contribution in [0.3, 0.4) is 0 Å². The van der Waals surface area contributed by atoms with Crippen molar-refractivity contribution in [2.45, 2.75) is 13.8 Å². The summed E-state index contributed by atoms with van der Waals surface area (Å²) in [4.78, 5) is 12.1. The Balaban J connectivity index is 2.24. The molecule has 1 aromatic rings. The summed E-state index contributed by atoms with van der Waals surface area (Å²) in [7, 11) is 0. The van der Waals surface area contributed by atoms with Crippen LogP contribution in [-0.4, -0.2) is 35.6 Å². The van der Waals surface area contributed by atoms with E-state index in [0.717, 1.165) is 30.8 Å². The molecule has 1 aliphatic heterocycles. The van der Waals surface area contributed by atoms with Crippen LogP contribution >= 0.6 is 0 Å². The summed E-state index contributed by atoms with van der Waals surface area (Å²) < 4.78 is 0. The third-order valence-electron chi connectivity index (χ3n) is 3.01. The van der Waals surface area contributed by atoms with Gasteiger partial charge in [0.05, 0.1) is 0 Å². The molecule has 3 nitrogen and oxygen atoms in total. The van der Waals surface area contributed by atoms with E-state index in [1.54, 1.807) is 0 Å². The SMILES string of the molecule is CCN1C/C(=C/c2ccccc2)C(=O)N1CC. The molecule has 90 valence electrons. The molecule has 3 heteroatoms. The summed E-state index contributed by atoms with van der Waals surface area (Å²) in [6, 6.07) is 9.99. The fourth-order valence-corrected chi connectivity index (χ4v) is 2.13. The third-order valence-corrected chi connectivity index (χ3v) is 3.01. The zero-order valence-electron chi connectivity index (χ0n) is 10.4. The topological polar surface area (TPSA) is 23.6 Å². The highest BCUT2D eigenvalue weighted by Crippen LogP contribution is 2.19. The molecule has 0 radical (unpaired) electrons. The van der Waals surface area contributed by atoms with Gasteiger partial charge in [0, 0.05) is 25.2 Å². The van der Waals surface area contributed by atoms with Crippen molar-refractivity contribution in [3.63, 3.8) is 0 Å². The van der Waals surface area contributed by atoms with E-state index in [-0.39, 0.29) is 5.91 Å². The first-order valence-electron chi connectivity index (χ1n) is 6.08. The van der Waals surface area contributed by atoms with E-state index < -0.39 is 0 Å². The van der Waals surface area contributed by atoms with Gasteiger partial charge in [-0.2, -0.15) is 0 Å². The molecule has 0 N–H and O–H groups in total. The second-order valence-corrected chi connectivity index (χ2v) is 4.08. The Morgan fingerprint density at radius 2 is 1.88 bits per heavy atom. The molecule has 1 heterocycles. The average molecular weight is 230 g/mol. The first-order chi connectivity index (χ1) is 8.26. The van der Waals surface area contributed by atoms with E-state index in [4.69, 9.17) is 0 Å². The van der Waals surface area contributed by atoms with Crippen molar-refractivity contribution in [2.24, 2.45) is 0 Å². The normalized spacial score (nSPS) is 19.3. The molecule has 1 saturated heterocycles. The van der Waals surface area contributed by atoms with Crippen molar-refractivity contribution >= 4 is 12.0 Å². The lowest BCUT2D eigenvalue weighted by atomic mass is 10.1.